The fourth-order valence-corrected chi connectivity index (χ4v) is 3.51. The van der Waals surface area contributed by atoms with Crippen LogP contribution in [0.5, 0.6) is 0 Å². The zero-order valence-electron chi connectivity index (χ0n) is 9.17. The number of hydrogen-bond acceptors (Lipinski definition) is 1. The van der Waals surface area contributed by atoms with E-state index in [9.17, 15) is 0 Å². The summed E-state index contributed by atoms with van der Waals surface area (Å²) in [4.78, 5) is 0. The van der Waals surface area contributed by atoms with Gasteiger partial charge in [0.1, 0.15) is 0 Å². The van der Waals surface area contributed by atoms with Crippen LogP contribution in [0.1, 0.15) is 49.4 Å². The van der Waals surface area contributed by atoms with Crippen molar-refractivity contribution < 1.29 is 0 Å². The molecule has 1 aliphatic carbocycles. The molecule has 0 amide bonds. The van der Waals surface area contributed by atoms with Crippen molar-refractivity contribution in [2.75, 3.05) is 0 Å². The van der Waals surface area contributed by atoms with Gasteiger partial charge in [0.05, 0.1) is 15.0 Å². The number of nitrogens with zero attached hydrogens (tertiary/aromatic N) is 2. The van der Waals surface area contributed by atoms with Gasteiger partial charge in [-0.3, -0.25) is 4.68 Å². The Bertz CT molecular complexity index is 362. The lowest BCUT2D eigenvalue weighted by molar-refractivity contribution is 0.432. The molecular formula is C12H17IN2. The van der Waals surface area contributed by atoms with Crippen LogP contribution in [0.25, 0.3) is 6.08 Å². The van der Waals surface area contributed by atoms with Gasteiger partial charge in [-0.05, 0) is 41.5 Å². The number of halogens is 1. The van der Waals surface area contributed by atoms with Crippen molar-refractivity contribution in [2.24, 2.45) is 7.05 Å². The molecule has 15 heavy (non-hydrogen) atoms. The van der Waals surface area contributed by atoms with Crippen LogP contribution in [0, 0.1) is 3.57 Å². The minimum atomic E-state index is 0.686. The molecular weight excluding hydrogens is 299 g/mol. The van der Waals surface area contributed by atoms with E-state index in [1.165, 1.54) is 41.4 Å². The van der Waals surface area contributed by atoms with E-state index in [1.807, 2.05) is 17.8 Å². The first-order chi connectivity index (χ1) is 7.24. The largest absolute Gasteiger partial charge is 0.267 e. The highest BCUT2D eigenvalue weighted by Crippen LogP contribution is 2.35. The normalized spacial score (nSPS) is 18.0. The Morgan fingerprint density at radius 2 is 2.07 bits per heavy atom. The van der Waals surface area contributed by atoms with E-state index in [1.54, 1.807) is 0 Å². The van der Waals surface area contributed by atoms with Crippen molar-refractivity contribution >= 4 is 28.7 Å². The third-order valence-corrected chi connectivity index (χ3v) is 4.35. The summed E-state index contributed by atoms with van der Waals surface area (Å²) in [5.74, 6) is 0.686. The highest BCUT2D eigenvalue weighted by Gasteiger charge is 2.22. The third kappa shape index (κ3) is 2.12. The Hall–Kier alpha value is -0.320. The zero-order valence-corrected chi connectivity index (χ0v) is 11.3. The van der Waals surface area contributed by atoms with Crippen LogP contribution in [0.2, 0.25) is 0 Å². The lowest BCUT2D eigenvalue weighted by atomic mass is 9.87. The highest BCUT2D eigenvalue weighted by atomic mass is 127. The molecule has 0 saturated heterocycles. The number of rotatable bonds is 2. The van der Waals surface area contributed by atoms with E-state index >= 15 is 0 Å². The van der Waals surface area contributed by atoms with Crippen LogP contribution in [0.4, 0.5) is 0 Å². The summed E-state index contributed by atoms with van der Waals surface area (Å²) in [6.07, 6.45) is 8.64. The highest BCUT2D eigenvalue weighted by molar-refractivity contribution is 14.1. The molecule has 1 fully saturated rings. The van der Waals surface area contributed by atoms with Gasteiger partial charge in [0.2, 0.25) is 0 Å². The lowest BCUT2D eigenvalue weighted by Gasteiger charge is -2.19. The molecule has 0 radical (unpaired) electrons. The number of hydrogen-bond donors (Lipinski definition) is 0. The van der Waals surface area contributed by atoms with Crippen LogP contribution in [0.3, 0.4) is 0 Å². The molecule has 0 unspecified atom stereocenters. The van der Waals surface area contributed by atoms with Crippen molar-refractivity contribution in [3.05, 3.63) is 21.5 Å². The Morgan fingerprint density at radius 3 is 2.60 bits per heavy atom. The summed E-state index contributed by atoms with van der Waals surface area (Å²) >= 11 is 2.41. The summed E-state index contributed by atoms with van der Waals surface area (Å²) in [5.41, 5.74) is 2.46. The third-order valence-electron chi connectivity index (χ3n) is 3.24. The van der Waals surface area contributed by atoms with Crippen LogP contribution in [-0.4, -0.2) is 9.78 Å². The summed E-state index contributed by atoms with van der Waals surface area (Å²) in [6.45, 7) is 3.85. The van der Waals surface area contributed by atoms with Crippen molar-refractivity contribution in [2.45, 2.75) is 38.0 Å². The number of aryl methyl sites for hydroxylation is 1. The van der Waals surface area contributed by atoms with E-state index < -0.39 is 0 Å². The molecule has 1 aliphatic rings. The average molecular weight is 316 g/mol. The Morgan fingerprint density at radius 1 is 1.40 bits per heavy atom. The maximum Gasteiger partial charge on any atom is 0.0795 e. The molecule has 0 aliphatic heterocycles. The van der Waals surface area contributed by atoms with E-state index in [2.05, 4.69) is 34.3 Å². The molecule has 82 valence electrons. The molecule has 2 nitrogen and oxygen atoms in total. The van der Waals surface area contributed by atoms with Gasteiger partial charge in [-0.2, -0.15) is 5.10 Å². The molecule has 0 bridgehead atoms. The smallest absolute Gasteiger partial charge is 0.0795 e. The van der Waals surface area contributed by atoms with Crippen LogP contribution >= 0.6 is 22.6 Å². The summed E-state index contributed by atoms with van der Waals surface area (Å²) in [6, 6.07) is 0. The Balaban J connectivity index is 2.31. The van der Waals surface area contributed by atoms with Crippen LogP contribution in [0.15, 0.2) is 6.58 Å². The molecule has 1 saturated carbocycles. The monoisotopic (exact) mass is 316 g/mol. The van der Waals surface area contributed by atoms with Crippen molar-refractivity contribution in [1.29, 1.82) is 0 Å². The SMILES string of the molecule is C=Cc1c(I)c(C2CCCCC2)nn1C. The van der Waals surface area contributed by atoms with Gasteiger partial charge in [-0.15, -0.1) is 0 Å². The summed E-state index contributed by atoms with van der Waals surface area (Å²) < 4.78 is 3.26. The molecule has 2 rings (SSSR count). The topological polar surface area (TPSA) is 17.8 Å². The molecule has 0 aromatic carbocycles. The van der Waals surface area contributed by atoms with Crippen LogP contribution < -0.4 is 0 Å². The van der Waals surface area contributed by atoms with E-state index in [-0.39, 0.29) is 0 Å². The fourth-order valence-electron chi connectivity index (χ4n) is 2.39. The van der Waals surface area contributed by atoms with E-state index in [0.29, 0.717) is 5.92 Å². The molecule has 1 heterocycles. The standard InChI is InChI=1S/C12H17IN2/c1-3-10-11(13)12(14-15(10)2)9-7-5-4-6-8-9/h3,9H,1,4-8H2,2H3. The Kier molecular flexibility index (Phi) is 3.49. The van der Waals surface area contributed by atoms with Gasteiger partial charge in [0.15, 0.2) is 0 Å². The van der Waals surface area contributed by atoms with E-state index in [0.717, 1.165) is 5.69 Å². The average Bonchev–Trinajstić information content (AvgIpc) is 2.55. The Labute approximate surface area is 105 Å². The molecule has 0 N–H and O–H groups in total. The molecule has 3 heteroatoms. The molecule has 1 aromatic heterocycles. The van der Waals surface area contributed by atoms with Gasteiger partial charge < -0.3 is 0 Å². The second-order valence-corrected chi connectivity index (χ2v) is 5.33. The van der Waals surface area contributed by atoms with Gasteiger partial charge >= 0.3 is 0 Å². The quantitative estimate of drug-likeness (QED) is 0.761. The van der Waals surface area contributed by atoms with E-state index in [4.69, 9.17) is 0 Å². The first-order valence-electron chi connectivity index (χ1n) is 5.59. The van der Waals surface area contributed by atoms with Crippen LogP contribution in [-0.2, 0) is 7.05 Å². The van der Waals surface area contributed by atoms with Gasteiger partial charge in [0, 0.05) is 13.0 Å². The maximum absolute atomic E-state index is 4.64. The summed E-state index contributed by atoms with van der Waals surface area (Å²) in [5, 5.41) is 4.64. The predicted octanol–water partition coefficient (Wildman–Crippen LogP) is 3.72. The second-order valence-electron chi connectivity index (χ2n) is 4.25. The minimum absolute atomic E-state index is 0.686. The van der Waals surface area contributed by atoms with Gasteiger partial charge in [-0.25, -0.2) is 0 Å². The van der Waals surface area contributed by atoms with Crippen molar-refractivity contribution in [3.8, 4) is 0 Å². The molecule has 0 atom stereocenters. The van der Waals surface area contributed by atoms with Crippen molar-refractivity contribution in [3.63, 3.8) is 0 Å². The first-order valence-corrected chi connectivity index (χ1v) is 6.66. The second kappa shape index (κ2) is 4.68. The van der Waals surface area contributed by atoms with Gasteiger partial charge in [0.25, 0.3) is 0 Å². The lowest BCUT2D eigenvalue weighted by Crippen LogP contribution is -2.06. The maximum atomic E-state index is 4.64. The predicted molar refractivity (Wildman–Crippen MR) is 71.8 cm³/mol. The van der Waals surface area contributed by atoms with Gasteiger partial charge in [-0.1, -0.05) is 25.8 Å². The summed E-state index contributed by atoms with van der Waals surface area (Å²) in [7, 11) is 2.01. The zero-order chi connectivity index (χ0) is 10.8. The fraction of sp³-hybridized carbons (Fsp3) is 0.583. The van der Waals surface area contributed by atoms with Crippen molar-refractivity contribution in [1.82, 2.24) is 9.78 Å². The molecule has 1 aromatic rings. The first kappa shape index (κ1) is 11.2. The minimum Gasteiger partial charge on any atom is -0.267 e. The molecule has 0 spiro atoms. The number of aromatic nitrogens is 2.